The minimum absolute atomic E-state index is 0.270. The molecule has 0 atom stereocenters. The molecular weight excluding hydrogens is 720 g/mol. The van der Waals surface area contributed by atoms with Gasteiger partial charge in [0.2, 0.25) is 0 Å². The summed E-state index contributed by atoms with van der Waals surface area (Å²) in [5.74, 6) is 1.45. The molecule has 0 aliphatic carbocycles. The number of aromatic nitrogens is 4. The van der Waals surface area contributed by atoms with Crippen molar-refractivity contribution >= 4 is 53.3 Å². The number of nitrogens with zero attached hydrogens (tertiary/aromatic N) is 4. The van der Waals surface area contributed by atoms with E-state index >= 15 is 0 Å². The molecule has 0 spiro atoms. The molecule has 3 heterocycles. The second kappa shape index (κ2) is 13.5. The summed E-state index contributed by atoms with van der Waals surface area (Å²) in [6.45, 7) is 0. The second-order valence-corrected chi connectivity index (χ2v) is 15.2. The van der Waals surface area contributed by atoms with Gasteiger partial charge in [0.05, 0.1) is 16.7 Å². The SMILES string of the molecule is Fc1ccc(-c2ccc(-c3nc(-c4ccccc4)nc(-c4cccc(-c5cccc6c5sc5ccccc56)c4)n3)c(-n3c4ccccc4c4ccccc43)c2)cc1. The Balaban J connectivity index is 1.15. The molecule has 11 aromatic rings. The topological polar surface area (TPSA) is 43.6 Å². The third-order valence-corrected chi connectivity index (χ3v) is 12.0. The molecule has 0 unspecified atom stereocenters. The summed E-state index contributed by atoms with van der Waals surface area (Å²) >= 11 is 1.82. The van der Waals surface area contributed by atoms with E-state index in [-0.39, 0.29) is 5.82 Å². The highest BCUT2D eigenvalue weighted by Gasteiger charge is 2.21. The first-order valence-corrected chi connectivity index (χ1v) is 19.7. The molecule has 0 fully saturated rings. The van der Waals surface area contributed by atoms with Gasteiger partial charge in [0.15, 0.2) is 17.5 Å². The third-order valence-electron chi connectivity index (χ3n) is 10.7. The van der Waals surface area contributed by atoms with Crippen LogP contribution in [0.5, 0.6) is 0 Å². The van der Waals surface area contributed by atoms with Crippen molar-refractivity contribution in [3.63, 3.8) is 0 Å². The molecule has 0 radical (unpaired) electrons. The highest BCUT2D eigenvalue weighted by Crippen LogP contribution is 2.41. The van der Waals surface area contributed by atoms with Gasteiger partial charge in [-0.2, -0.15) is 0 Å². The number of rotatable bonds is 6. The van der Waals surface area contributed by atoms with Crippen LogP contribution in [0.3, 0.4) is 0 Å². The van der Waals surface area contributed by atoms with E-state index in [0.717, 1.165) is 60.9 Å². The fourth-order valence-electron chi connectivity index (χ4n) is 8.05. The van der Waals surface area contributed by atoms with Gasteiger partial charge in [0, 0.05) is 47.6 Å². The lowest BCUT2D eigenvalue weighted by atomic mass is 10.00. The molecule has 3 aromatic heterocycles. The fraction of sp³-hybridized carbons (Fsp3) is 0. The van der Waals surface area contributed by atoms with Crippen LogP contribution in [0.4, 0.5) is 4.39 Å². The van der Waals surface area contributed by atoms with Gasteiger partial charge in [-0.3, -0.25) is 0 Å². The van der Waals surface area contributed by atoms with Crippen molar-refractivity contribution in [3.05, 3.63) is 194 Å². The predicted molar refractivity (Wildman–Crippen MR) is 234 cm³/mol. The molecule has 268 valence electrons. The number of benzene rings is 8. The van der Waals surface area contributed by atoms with Crippen molar-refractivity contribution < 1.29 is 4.39 Å². The van der Waals surface area contributed by atoms with Gasteiger partial charge < -0.3 is 4.57 Å². The highest BCUT2D eigenvalue weighted by atomic mass is 32.1. The molecule has 0 aliphatic rings. The van der Waals surface area contributed by atoms with Gasteiger partial charge >= 0.3 is 0 Å². The summed E-state index contributed by atoms with van der Waals surface area (Å²) in [7, 11) is 0. The summed E-state index contributed by atoms with van der Waals surface area (Å²) < 4.78 is 18.9. The van der Waals surface area contributed by atoms with Crippen LogP contribution < -0.4 is 0 Å². The van der Waals surface area contributed by atoms with Crippen molar-refractivity contribution in [2.45, 2.75) is 0 Å². The van der Waals surface area contributed by atoms with Crippen LogP contribution in [-0.2, 0) is 0 Å². The minimum Gasteiger partial charge on any atom is -0.308 e. The molecule has 0 bridgehead atoms. The van der Waals surface area contributed by atoms with Crippen molar-refractivity contribution in [1.29, 1.82) is 0 Å². The lowest BCUT2D eigenvalue weighted by Gasteiger charge is -2.16. The Hall–Kier alpha value is -7.28. The number of halogens is 1. The summed E-state index contributed by atoms with van der Waals surface area (Å²) in [6.07, 6.45) is 0. The number of fused-ring (bicyclic) bond motifs is 6. The van der Waals surface area contributed by atoms with Crippen molar-refractivity contribution in [1.82, 2.24) is 19.5 Å². The van der Waals surface area contributed by atoms with Gasteiger partial charge in [-0.15, -0.1) is 11.3 Å². The van der Waals surface area contributed by atoms with E-state index in [0.29, 0.717) is 17.5 Å². The van der Waals surface area contributed by atoms with Crippen LogP contribution in [0.15, 0.2) is 188 Å². The maximum atomic E-state index is 14.1. The average Bonchev–Trinajstić information content (AvgIpc) is 3.83. The number of thiophene rings is 1. The zero-order valence-corrected chi connectivity index (χ0v) is 31.3. The van der Waals surface area contributed by atoms with Crippen LogP contribution >= 0.6 is 11.3 Å². The lowest BCUT2D eigenvalue weighted by Crippen LogP contribution is -2.04. The molecule has 0 amide bonds. The van der Waals surface area contributed by atoms with E-state index in [9.17, 15) is 4.39 Å². The molecule has 0 saturated heterocycles. The molecule has 4 nitrogen and oxygen atoms in total. The van der Waals surface area contributed by atoms with Gasteiger partial charge in [0.1, 0.15) is 5.82 Å². The first-order valence-electron chi connectivity index (χ1n) is 18.9. The largest absolute Gasteiger partial charge is 0.308 e. The Bertz CT molecular complexity index is 3260. The zero-order valence-electron chi connectivity index (χ0n) is 30.5. The Kier molecular flexibility index (Phi) is 7.83. The molecule has 11 rings (SSSR count). The highest BCUT2D eigenvalue weighted by molar-refractivity contribution is 7.26. The van der Waals surface area contributed by atoms with E-state index in [1.54, 1.807) is 0 Å². The van der Waals surface area contributed by atoms with Crippen LogP contribution in [-0.4, -0.2) is 19.5 Å². The molecular formula is C51H31FN4S. The number of hydrogen-bond donors (Lipinski definition) is 0. The van der Waals surface area contributed by atoms with Gasteiger partial charge in [-0.1, -0.05) is 140 Å². The normalized spacial score (nSPS) is 11.6. The van der Waals surface area contributed by atoms with Crippen LogP contribution in [0.1, 0.15) is 0 Å². The third kappa shape index (κ3) is 5.69. The maximum Gasteiger partial charge on any atom is 0.166 e. The molecule has 57 heavy (non-hydrogen) atoms. The van der Waals surface area contributed by atoms with E-state index in [1.165, 1.54) is 37.9 Å². The summed E-state index contributed by atoms with van der Waals surface area (Å²) in [6, 6.07) is 63.7. The van der Waals surface area contributed by atoms with Gasteiger partial charge in [-0.05, 0) is 70.8 Å². The molecule has 0 N–H and O–H groups in total. The first-order chi connectivity index (χ1) is 28.2. The summed E-state index contributed by atoms with van der Waals surface area (Å²) in [5, 5.41) is 4.83. The van der Waals surface area contributed by atoms with E-state index in [2.05, 4.69) is 138 Å². The second-order valence-electron chi connectivity index (χ2n) is 14.1. The Morgan fingerprint density at radius 3 is 1.74 bits per heavy atom. The number of hydrogen-bond acceptors (Lipinski definition) is 4. The van der Waals surface area contributed by atoms with E-state index in [1.807, 2.05) is 53.8 Å². The van der Waals surface area contributed by atoms with Crippen LogP contribution in [0.2, 0.25) is 0 Å². The van der Waals surface area contributed by atoms with Gasteiger partial charge in [-0.25, -0.2) is 19.3 Å². The Morgan fingerprint density at radius 1 is 0.386 bits per heavy atom. The van der Waals surface area contributed by atoms with Crippen LogP contribution in [0.25, 0.3) is 104 Å². The van der Waals surface area contributed by atoms with E-state index in [4.69, 9.17) is 15.0 Å². The first kappa shape index (κ1) is 33.1. The fourth-order valence-corrected chi connectivity index (χ4v) is 9.29. The summed E-state index contributed by atoms with van der Waals surface area (Å²) in [5.41, 5.74) is 9.83. The Morgan fingerprint density at radius 2 is 0.965 bits per heavy atom. The maximum absolute atomic E-state index is 14.1. The monoisotopic (exact) mass is 750 g/mol. The van der Waals surface area contributed by atoms with Crippen molar-refractivity contribution in [3.8, 4) is 62.1 Å². The minimum atomic E-state index is -0.270. The summed E-state index contributed by atoms with van der Waals surface area (Å²) in [4.78, 5) is 15.6. The zero-order chi connectivity index (χ0) is 37.9. The standard InChI is InChI=1S/C51H31FN4S/c52-37-27-24-32(25-28-37)34-26-29-43(46(31-34)56-44-21-7-4-16-39(44)40-17-5-8-22-45(40)56)51-54-49(33-12-2-1-3-13-33)53-50(55-51)36-15-10-14-35(30-36)38-19-11-20-42-41-18-6-9-23-47(41)57-48(38)42/h1-31H. The van der Waals surface area contributed by atoms with Crippen molar-refractivity contribution in [2.24, 2.45) is 0 Å². The van der Waals surface area contributed by atoms with Crippen LogP contribution in [0, 0.1) is 5.82 Å². The van der Waals surface area contributed by atoms with Crippen molar-refractivity contribution in [2.75, 3.05) is 0 Å². The molecule has 0 aliphatic heterocycles. The number of para-hydroxylation sites is 2. The molecule has 8 aromatic carbocycles. The lowest BCUT2D eigenvalue weighted by molar-refractivity contribution is 0.628. The smallest absolute Gasteiger partial charge is 0.166 e. The Labute approximate surface area is 331 Å². The van der Waals surface area contributed by atoms with Gasteiger partial charge in [0.25, 0.3) is 0 Å². The average molecular weight is 751 g/mol. The van der Waals surface area contributed by atoms with E-state index < -0.39 is 0 Å². The molecule has 6 heteroatoms. The predicted octanol–water partition coefficient (Wildman–Crippen LogP) is 13.8. The quantitative estimate of drug-likeness (QED) is 0.170. The molecule has 0 saturated carbocycles.